The number of nitrogen functional groups attached to an aromatic ring is 1. The van der Waals surface area contributed by atoms with E-state index in [1.165, 1.54) is 19.3 Å². The Morgan fingerprint density at radius 3 is 2.69 bits per heavy atom. The van der Waals surface area contributed by atoms with Gasteiger partial charge in [0.05, 0.1) is 5.69 Å². The van der Waals surface area contributed by atoms with Crippen LogP contribution in [0.25, 0.3) is 0 Å². The minimum atomic E-state index is 0.514. The van der Waals surface area contributed by atoms with E-state index < -0.39 is 0 Å². The predicted octanol–water partition coefficient (Wildman–Crippen LogP) is 2.68. The Labute approximate surface area is 97.7 Å². The first kappa shape index (κ1) is 11.2. The number of piperidine rings is 1. The van der Waals surface area contributed by atoms with E-state index in [2.05, 4.69) is 23.7 Å². The first-order valence-corrected chi connectivity index (χ1v) is 6.10. The maximum absolute atomic E-state index is 5.95. The summed E-state index contributed by atoms with van der Waals surface area (Å²) >= 11 is 0. The van der Waals surface area contributed by atoms with E-state index in [-0.39, 0.29) is 0 Å². The second-order valence-electron chi connectivity index (χ2n) is 5.07. The van der Waals surface area contributed by atoms with Gasteiger partial charge in [0.15, 0.2) is 5.82 Å². The summed E-state index contributed by atoms with van der Waals surface area (Å²) in [7, 11) is 0. The molecule has 0 bridgehead atoms. The van der Waals surface area contributed by atoms with Crippen LogP contribution in [0.4, 0.5) is 11.5 Å². The molecule has 0 spiro atoms. The fourth-order valence-corrected chi connectivity index (χ4v) is 2.29. The SMILES string of the molecule is CCC1(C)CCN(c2ncccc2N)CC1. The summed E-state index contributed by atoms with van der Waals surface area (Å²) in [6.45, 7) is 6.81. The Morgan fingerprint density at radius 2 is 2.12 bits per heavy atom. The van der Waals surface area contributed by atoms with Gasteiger partial charge in [0.1, 0.15) is 0 Å². The van der Waals surface area contributed by atoms with E-state index in [0.717, 1.165) is 24.6 Å². The normalized spacial score (nSPS) is 19.8. The molecule has 0 radical (unpaired) electrons. The summed E-state index contributed by atoms with van der Waals surface area (Å²) in [4.78, 5) is 6.69. The standard InChI is InChI=1S/C13H21N3/c1-3-13(2)6-9-16(10-7-13)12-11(14)5-4-8-15-12/h4-5,8H,3,6-7,9-10,14H2,1-2H3. The first-order valence-electron chi connectivity index (χ1n) is 6.10. The number of hydrogen-bond donors (Lipinski definition) is 1. The lowest BCUT2D eigenvalue weighted by Crippen LogP contribution is -2.39. The van der Waals surface area contributed by atoms with Crippen molar-refractivity contribution < 1.29 is 0 Å². The monoisotopic (exact) mass is 219 g/mol. The van der Waals surface area contributed by atoms with Gasteiger partial charge in [-0.25, -0.2) is 4.98 Å². The molecule has 2 heterocycles. The molecule has 1 aliphatic heterocycles. The predicted molar refractivity (Wildman–Crippen MR) is 68.5 cm³/mol. The van der Waals surface area contributed by atoms with Crippen LogP contribution in [-0.2, 0) is 0 Å². The Kier molecular flexibility index (Phi) is 3.03. The fraction of sp³-hybridized carbons (Fsp3) is 0.615. The molecule has 3 nitrogen and oxygen atoms in total. The maximum Gasteiger partial charge on any atom is 0.151 e. The van der Waals surface area contributed by atoms with Crippen molar-refractivity contribution in [2.75, 3.05) is 23.7 Å². The topological polar surface area (TPSA) is 42.2 Å². The van der Waals surface area contributed by atoms with Crippen LogP contribution in [0.3, 0.4) is 0 Å². The molecule has 1 aliphatic rings. The second kappa shape index (κ2) is 4.32. The summed E-state index contributed by atoms with van der Waals surface area (Å²) < 4.78 is 0. The largest absolute Gasteiger partial charge is 0.396 e. The van der Waals surface area contributed by atoms with E-state index in [9.17, 15) is 0 Å². The number of nitrogens with two attached hydrogens (primary N) is 1. The second-order valence-corrected chi connectivity index (χ2v) is 5.07. The summed E-state index contributed by atoms with van der Waals surface area (Å²) in [5, 5.41) is 0. The molecule has 3 heteroatoms. The van der Waals surface area contributed by atoms with Crippen LogP contribution in [0.5, 0.6) is 0 Å². The number of hydrogen-bond acceptors (Lipinski definition) is 3. The van der Waals surface area contributed by atoms with Crippen molar-refractivity contribution in [3.05, 3.63) is 18.3 Å². The highest BCUT2D eigenvalue weighted by Crippen LogP contribution is 2.36. The molecule has 0 unspecified atom stereocenters. The average molecular weight is 219 g/mol. The van der Waals surface area contributed by atoms with Gasteiger partial charge in [-0.3, -0.25) is 0 Å². The molecule has 0 saturated carbocycles. The van der Waals surface area contributed by atoms with E-state index in [1.54, 1.807) is 0 Å². The molecule has 1 aromatic heterocycles. The molecule has 0 aliphatic carbocycles. The lowest BCUT2D eigenvalue weighted by Gasteiger charge is -2.39. The number of pyridine rings is 1. The molecule has 16 heavy (non-hydrogen) atoms. The molecule has 1 fully saturated rings. The van der Waals surface area contributed by atoms with Gasteiger partial charge in [-0.05, 0) is 30.4 Å². The Bertz CT molecular complexity index is 354. The lowest BCUT2D eigenvalue weighted by atomic mass is 9.78. The van der Waals surface area contributed by atoms with Gasteiger partial charge in [-0.2, -0.15) is 0 Å². The van der Waals surface area contributed by atoms with Crippen LogP contribution in [0.15, 0.2) is 18.3 Å². The molecule has 1 aromatic rings. The highest BCUT2D eigenvalue weighted by molar-refractivity contribution is 5.62. The third-order valence-corrected chi connectivity index (χ3v) is 3.94. The van der Waals surface area contributed by atoms with Crippen molar-refractivity contribution in [2.45, 2.75) is 33.1 Å². The van der Waals surface area contributed by atoms with E-state index in [0.29, 0.717) is 5.41 Å². The van der Waals surface area contributed by atoms with Crippen LogP contribution in [0.1, 0.15) is 33.1 Å². The average Bonchev–Trinajstić information content (AvgIpc) is 2.31. The molecule has 2 N–H and O–H groups in total. The van der Waals surface area contributed by atoms with Crippen molar-refractivity contribution in [3.63, 3.8) is 0 Å². The highest BCUT2D eigenvalue weighted by atomic mass is 15.2. The zero-order chi connectivity index (χ0) is 11.6. The van der Waals surface area contributed by atoms with Crippen molar-refractivity contribution in [3.8, 4) is 0 Å². The highest BCUT2D eigenvalue weighted by Gasteiger charge is 2.29. The van der Waals surface area contributed by atoms with Gasteiger partial charge in [0.25, 0.3) is 0 Å². The van der Waals surface area contributed by atoms with Crippen LogP contribution in [0, 0.1) is 5.41 Å². The molecule has 88 valence electrons. The zero-order valence-electron chi connectivity index (χ0n) is 10.2. The summed E-state index contributed by atoms with van der Waals surface area (Å²) in [6.07, 6.45) is 5.55. The Hall–Kier alpha value is -1.25. The number of anilines is 2. The molecular formula is C13H21N3. The summed E-state index contributed by atoms with van der Waals surface area (Å²) in [5.41, 5.74) is 7.26. The number of nitrogens with zero attached hydrogens (tertiary/aromatic N) is 2. The minimum absolute atomic E-state index is 0.514. The van der Waals surface area contributed by atoms with Crippen molar-refractivity contribution in [1.29, 1.82) is 0 Å². The van der Waals surface area contributed by atoms with Crippen molar-refractivity contribution in [2.24, 2.45) is 5.41 Å². The van der Waals surface area contributed by atoms with Crippen LogP contribution < -0.4 is 10.6 Å². The number of aromatic nitrogens is 1. The quantitative estimate of drug-likeness (QED) is 0.831. The van der Waals surface area contributed by atoms with Gasteiger partial charge < -0.3 is 10.6 Å². The van der Waals surface area contributed by atoms with Crippen molar-refractivity contribution in [1.82, 2.24) is 4.98 Å². The first-order chi connectivity index (χ1) is 7.64. The Balaban J connectivity index is 2.07. The van der Waals surface area contributed by atoms with E-state index >= 15 is 0 Å². The third-order valence-electron chi connectivity index (χ3n) is 3.94. The van der Waals surface area contributed by atoms with Gasteiger partial charge in [0, 0.05) is 19.3 Å². The van der Waals surface area contributed by atoms with Gasteiger partial charge in [-0.1, -0.05) is 20.3 Å². The molecular weight excluding hydrogens is 198 g/mol. The van der Waals surface area contributed by atoms with Crippen LogP contribution >= 0.6 is 0 Å². The van der Waals surface area contributed by atoms with Crippen LogP contribution in [0.2, 0.25) is 0 Å². The smallest absolute Gasteiger partial charge is 0.151 e. The maximum atomic E-state index is 5.95. The summed E-state index contributed by atoms with van der Waals surface area (Å²) in [6, 6.07) is 3.81. The fourth-order valence-electron chi connectivity index (χ4n) is 2.29. The summed E-state index contributed by atoms with van der Waals surface area (Å²) in [5.74, 6) is 0.959. The Morgan fingerprint density at radius 1 is 1.44 bits per heavy atom. The molecule has 0 aromatic carbocycles. The molecule has 2 rings (SSSR count). The van der Waals surface area contributed by atoms with Gasteiger partial charge >= 0.3 is 0 Å². The zero-order valence-corrected chi connectivity index (χ0v) is 10.2. The number of rotatable bonds is 2. The van der Waals surface area contributed by atoms with E-state index in [4.69, 9.17) is 5.73 Å². The van der Waals surface area contributed by atoms with E-state index in [1.807, 2.05) is 18.3 Å². The molecule has 0 amide bonds. The minimum Gasteiger partial charge on any atom is -0.396 e. The lowest BCUT2D eigenvalue weighted by molar-refractivity contribution is 0.238. The van der Waals surface area contributed by atoms with Gasteiger partial charge in [-0.15, -0.1) is 0 Å². The molecule has 1 saturated heterocycles. The van der Waals surface area contributed by atoms with Crippen molar-refractivity contribution >= 4 is 11.5 Å². The third kappa shape index (κ3) is 2.13. The molecule has 0 atom stereocenters. The van der Waals surface area contributed by atoms with Gasteiger partial charge in [0.2, 0.25) is 0 Å². The van der Waals surface area contributed by atoms with Crippen LogP contribution in [-0.4, -0.2) is 18.1 Å².